The van der Waals surface area contributed by atoms with E-state index in [-0.39, 0.29) is 6.04 Å². The first-order chi connectivity index (χ1) is 9.00. The van der Waals surface area contributed by atoms with Gasteiger partial charge in [-0.2, -0.15) is 5.10 Å². The average Bonchev–Trinajstić information content (AvgIpc) is 2.61. The fraction of sp³-hybridized carbons (Fsp3) is 0.400. The van der Waals surface area contributed by atoms with Crippen LogP contribution in [0.1, 0.15) is 35.3 Å². The number of aryl methyl sites for hydroxylation is 3. The summed E-state index contributed by atoms with van der Waals surface area (Å²) in [4.78, 5) is 0. The van der Waals surface area contributed by atoms with E-state index in [9.17, 15) is 0 Å². The molecule has 0 saturated heterocycles. The van der Waals surface area contributed by atoms with Crippen molar-refractivity contribution in [1.82, 2.24) is 15.1 Å². The minimum Gasteiger partial charge on any atom is -0.306 e. The Hall–Kier alpha value is -1.32. The van der Waals surface area contributed by atoms with E-state index in [1.165, 1.54) is 11.1 Å². The van der Waals surface area contributed by atoms with Gasteiger partial charge in [-0.05, 0) is 31.9 Å². The predicted molar refractivity (Wildman–Crippen MR) is 79.4 cm³/mol. The lowest BCUT2D eigenvalue weighted by Crippen LogP contribution is -2.19. The highest BCUT2D eigenvalue weighted by Crippen LogP contribution is 2.21. The maximum Gasteiger partial charge on any atom is 0.131 e. The quantitative estimate of drug-likeness (QED) is 0.926. The molecule has 0 aliphatic carbocycles. The highest BCUT2D eigenvalue weighted by molar-refractivity contribution is 6.30. The standard InChI is InChI=1S/C15H20ClN3/c1-10-7-5-6-8-13(10)11(2)17-9-14-12(3)18-19(4)15(14)16/h5-8,11,17H,9H2,1-4H3/t11-/m1/s1. The Morgan fingerprint density at radius 1 is 1.32 bits per heavy atom. The molecular formula is C15H20ClN3. The van der Waals surface area contributed by atoms with E-state index in [4.69, 9.17) is 11.6 Å². The first-order valence-electron chi connectivity index (χ1n) is 6.47. The fourth-order valence-electron chi connectivity index (χ4n) is 2.31. The van der Waals surface area contributed by atoms with Crippen LogP contribution in [0.2, 0.25) is 5.15 Å². The maximum absolute atomic E-state index is 6.24. The Kier molecular flexibility index (Phi) is 4.27. The van der Waals surface area contributed by atoms with Gasteiger partial charge in [-0.25, -0.2) is 0 Å². The van der Waals surface area contributed by atoms with Crippen LogP contribution in [0.25, 0.3) is 0 Å². The van der Waals surface area contributed by atoms with Gasteiger partial charge in [0, 0.05) is 25.2 Å². The number of rotatable bonds is 4. The predicted octanol–water partition coefficient (Wildman–Crippen LogP) is 3.54. The second-order valence-corrected chi connectivity index (χ2v) is 5.30. The molecule has 0 unspecified atom stereocenters. The molecule has 3 nitrogen and oxygen atoms in total. The molecule has 0 aliphatic rings. The van der Waals surface area contributed by atoms with Crippen molar-refractivity contribution in [2.45, 2.75) is 33.4 Å². The summed E-state index contributed by atoms with van der Waals surface area (Å²) < 4.78 is 1.71. The molecule has 0 saturated carbocycles. The third kappa shape index (κ3) is 2.99. The number of nitrogens with zero attached hydrogens (tertiary/aromatic N) is 2. The third-order valence-corrected chi connectivity index (χ3v) is 3.98. The molecule has 4 heteroatoms. The summed E-state index contributed by atoms with van der Waals surface area (Å²) in [5.41, 5.74) is 4.68. The van der Waals surface area contributed by atoms with Crippen LogP contribution < -0.4 is 5.32 Å². The molecule has 19 heavy (non-hydrogen) atoms. The Morgan fingerprint density at radius 2 is 2.00 bits per heavy atom. The van der Waals surface area contributed by atoms with Crippen molar-refractivity contribution in [3.05, 3.63) is 51.8 Å². The first-order valence-corrected chi connectivity index (χ1v) is 6.85. The van der Waals surface area contributed by atoms with E-state index in [1.807, 2.05) is 14.0 Å². The highest BCUT2D eigenvalue weighted by atomic mass is 35.5. The lowest BCUT2D eigenvalue weighted by Gasteiger charge is -2.16. The Labute approximate surface area is 119 Å². The molecule has 102 valence electrons. The topological polar surface area (TPSA) is 29.9 Å². The minimum atomic E-state index is 0.289. The smallest absolute Gasteiger partial charge is 0.131 e. The number of nitrogens with one attached hydrogen (secondary N) is 1. The van der Waals surface area contributed by atoms with Crippen LogP contribution in [0.4, 0.5) is 0 Å². The molecule has 1 N–H and O–H groups in total. The van der Waals surface area contributed by atoms with Crippen molar-refractivity contribution >= 4 is 11.6 Å². The first kappa shape index (κ1) is 14.1. The number of aromatic nitrogens is 2. The van der Waals surface area contributed by atoms with Gasteiger partial charge in [-0.1, -0.05) is 35.9 Å². The number of halogens is 1. The summed E-state index contributed by atoms with van der Waals surface area (Å²) in [6.07, 6.45) is 0. The van der Waals surface area contributed by atoms with E-state index in [1.54, 1.807) is 4.68 Å². The van der Waals surface area contributed by atoms with E-state index >= 15 is 0 Å². The number of benzene rings is 1. The lowest BCUT2D eigenvalue weighted by molar-refractivity contribution is 0.571. The molecule has 1 aromatic carbocycles. The Morgan fingerprint density at radius 3 is 2.58 bits per heavy atom. The van der Waals surface area contributed by atoms with Gasteiger partial charge in [-0.3, -0.25) is 4.68 Å². The molecule has 2 rings (SSSR count). The Balaban J connectivity index is 2.09. The van der Waals surface area contributed by atoms with Crippen molar-refractivity contribution in [3.63, 3.8) is 0 Å². The molecular weight excluding hydrogens is 258 g/mol. The second kappa shape index (κ2) is 5.76. The van der Waals surface area contributed by atoms with Crippen molar-refractivity contribution in [3.8, 4) is 0 Å². The van der Waals surface area contributed by atoms with Crippen LogP contribution in [0.5, 0.6) is 0 Å². The number of hydrogen-bond donors (Lipinski definition) is 1. The van der Waals surface area contributed by atoms with Crippen LogP contribution in [0, 0.1) is 13.8 Å². The Bertz CT molecular complexity index is 575. The van der Waals surface area contributed by atoms with Gasteiger partial charge >= 0.3 is 0 Å². The van der Waals surface area contributed by atoms with Crippen LogP contribution in [0.3, 0.4) is 0 Å². The minimum absolute atomic E-state index is 0.289. The van der Waals surface area contributed by atoms with Gasteiger partial charge in [0.25, 0.3) is 0 Å². The molecule has 0 spiro atoms. The molecule has 0 fully saturated rings. The molecule has 1 heterocycles. The molecule has 0 amide bonds. The van der Waals surface area contributed by atoms with Gasteiger partial charge in [0.1, 0.15) is 5.15 Å². The van der Waals surface area contributed by atoms with Gasteiger partial charge in [-0.15, -0.1) is 0 Å². The average molecular weight is 278 g/mol. The third-order valence-electron chi connectivity index (χ3n) is 3.51. The van der Waals surface area contributed by atoms with Crippen molar-refractivity contribution in [2.24, 2.45) is 7.05 Å². The normalized spacial score (nSPS) is 12.7. The van der Waals surface area contributed by atoms with Crippen molar-refractivity contribution < 1.29 is 0 Å². The molecule has 1 atom stereocenters. The lowest BCUT2D eigenvalue weighted by atomic mass is 10.0. The monoisotopic (exact) mass is 277 g/mol. The van der Waals surface area contributed by atoms with Crippen LogP contribution in [-0.2, 0) is 13.6 Å². The van der Waals surface area contributed by atoms with E-state index in [2.05, 4.69) is 48.5 Å². The summed E-state index contributed by atoms with van der Waals surface area (Å²) in [6.45, 7) is 7.02. The summed E-state index contributed by atoms with van der Waals surface area (Å²) in [5.74, 6) is 0. The maximum atomic E-state index is 6.24. The SMILES string of the molecule is Cc1ccccc1[C@@H](C)NCc1c(C)nn(C)c1Cl. The van der Waals surface area contributed by atoms with Crippen LogP contribution in [0.15, 0.2) is 24.3 Å². The molecule has 0 radical (unpaired) electrons. The molecule has 1 aromatic heterocycles. The number of hydrogen-bond acceptors (Lipinski definition) is 2. The van der Waals surface area contributed by atoms with Gasteiger partial charge in [0.15, 0.2) is 0 Å². The van der Waals surface area contributed by atoms with E-state index < -0.39 is 0 Å². The zero-order chi connectivity index (χ0) is 14.0. The summed E-state index contributed by atoms with van der Waals surface area (Å²) in [6, 6.07) is 8.72. The second-order valence-electron chi connectivity index (χ2n) is 4.94. The largest absolute Gasteiger partial charge is 0.306 e. The zero-order valence-corrected chi connectivity index (χ0v) is 12.6. The van der Waals surface area contributed by atoms with Crippen LogP contribution >= 0.6 is 11.6 Å². The van der Waals surface area contributed by atoms with E-state index in [0.29, 0.717) is 5.15 Å². The van der Waals surface area contributed by atoms with Gasteiger partial charge in [0.2, 0.25) is 0 Å². The summed E-state index contributed by atoms with van der Waals surface area (Å²) in [7, 11) is 1.86. The molecule has 0 bridgehead atoms. The van der Waals surface area contributed by atoms with Gasteiger partial charge < -0.3 is 5.32 Å². The molecule has 2 aromatic rings. The molecule has 0 aliphatic heterocycles. The zero-order valence-electron chi connectivity index (χ0n) is 11.9. The van der Waals surface area contributed by atoms with Crippen molar-refractivity contribution in [2.75, 3.05) is 0 Å². The fourth-order valence-corrected chi connectivity index (χ4v) is 2.55. The highest BCUT2D eigenvalue weighted by Gasteiger charge is 2.13. The summed E-state index contributed by atoms with van der Waals surface area (Å²) >= 11 is 6.24. The van der Waals surface area contributed by atoms with Crippen LogP contribution in [-0.4, -0.2) is 9.78 Å². The van der Waals surface area contributed by atoms with Crippen molar-refractivity contribution in [1.29, 1.82) is 0 Å². The summed E-state index contributed by atoms with van der Waals surface area (Å²) in [5, 5.41) is 8.55. The van der Waals surface area contributed by atoms with E-state index in [0.717, 1.165) is 17.8 Å². The van der Waals surface area contributed by atoms with Gasteiger partial charge in [0.05, 0.1) is 5.69 Å².